The smallest absolute Gasteiger partial charge is 0.195 e. The number of hydrogen-bond donors (Lipinski definition) is 1. The maximum absolute atomic E-state index is 5.35. The standard InChI is InChI=1S/C12H18N4S2/c1-6(2)11-14-15-12(17)16(11)8(4)10-7(3)13-9(5)18-10/h6,8H,1-5H3,(H,15,17). The molecule has 4 nitrogen and oxygen atoms in total. The Hall–Kier alpha value is -1.01. The van der Waals surface area contributed by atoms with Crippen LogP contribution in [0.2, 0.25) is 0 Å². The molecule has 2 heterocycles. The van der Waals surface area contributed by atoms with E-state index in [1.54, 1.807) is 11.3 Å². The van der Waals surface area contributed by atoms with Crippen LogP contribution in [-0.2, 0) is 0 Å². The lowest BCUT2D eigenvalue weighted by atomic mass is 10.1. The van der Waals surface area contributed by atoms with Gasteiger partial charge in [-0.25, -0.2) is 4.98 Å². The third kappa shape index (κ3) is 2.27. The van der Waals surface area contributed by atoms with E-state index in [1.165, 1.54) is 4.88 Å². The quantitative estimate of drug-likeness (QED) is 0.872. The zero-order valence-electron chi connectivity index (χ0n) is 11.3. The Kier molecular flexibility index (Phi) is 3.68. The molecule has 0 bridgehead atoms. The van der Waals surface area contributed by atoms with Crippen molar-refractivity contribution in [3.05, 3.63) is 26.2 Å². The van der Waals surface area contributed by atoms with Gasteiger partial charge in [0.05, 0.1) is 21.6 Å². The molecule has 0 saturated carbocycles. The van der Waals surface area contributed by atoms with Crippen LogP contribution >= 0.6 is 23.6 Å². The SMILES string of the molecule is Cc1nc(C)c(C(C)n2c(C(C)C)n[nH]c2=S)s1. The largest absolute Gasteiger partial charge is 0.296 e. The van der Waals surface area contributed by atoms with Crippen LogP contribution in [0.1, 0.15) is 54.1 Å². The highest BCUT2D eigenvalue weighted by Crippen LogP contribution is 2.29. The number of aryl methyl sites for hydroxylation is 2. The van der Waals surface area contributed by atoms with Crippen LogP contribution in [0.25, 0.3) is 0 Å². The minimum absolute atomic E-state index is 0.180. The van der Waals surface area contributed by atoms with Crippen LogP contribution in [0.5, 0.6) is 0 Å². The van der Waals surface area contributed by atoms with E-state index in [9.17, 15) is 0 Å². The van der Waals surface area contributed by atoms with Gasteiger partial charge in [-0.1, -0.05) is 13.8 Å². The van der Waals surface area contributed by atoms with Crippen LogP contribution in [-0.4, -0.2) is 19.7 Å². The number of nitrogens with one attached hydrogen (secondary N) is 1. The van der Waals surface area contributed by atoms with Crippen LogP contribution in [0, 0.1) is 18.6 Å². The molecule has 2 rings (SSSR count). The summed E-state index contributed by atoms with van der Waals surface area (Å²) in [7, 11) is 0. The number of aromatic amines is 1. The van der Waals surface area contributed by atoms with Crippen molar-refractivity contribution >= 4 is 23.6 Å². The summed E-state index contributed by atoms with van der Waals surface area (Å²) < 4.78 is 2.77. The van der Waals surface area contributed by atoms with E-state index in [4.69, 9.17) is 12.2 Å². The van der Waals surface area contributed by atoms with Gasteiger partial charge in [0.15, 0.2) is 4.77 Å². The molecule has 1 unspecified atom stereocenters. The van der Waals surface area contributed by atoms with Gasteiger partial charge < -0.3 is 0 Å². The predicted octanol–water partition coefficient (Wildman–Crippen LogP) is 3.75. The predicted molar refractivity (Wildman–Crippen MR) is 76.9 cm³/mol. The summed E-state index contributed by atoms with van der Waals surface area (Å²) >= 11 is 7.08. The molecule has 0 amide bonds. The van der Waals surface area contributed by atoms with Gasteiger partial charge in [0.1, 0.15) is 5.82 Å². The molecule has 1 atom stereocenters. The summed E-state index contributed by atoms with van der Waals surface area (Å²) in [5, 5.41) is 8.32. The van der Waals surface area contributed by atoms with Gasteiger partial charge in [-0.15, -0.1) is 11.3 Å². The summed E-state index contributed by atoms with van der Waals surface area (Å²) in [6.45, 7) is 10.5. The van der Waals surface area contributed by atoms with E-state index in [1.807, 2.05) is 13.8 Å². The van der Waals surface area contributed by atoms with Crippen LogP contribution in [0.15, 0.2) is 0 Å². The van der Waals surface area contributed by atoms with E-state index in [2.05, 4.69) is 40.5 Å². The fourth-order valence-corrected chi connectivity index (χ4v) is 3.42. The van der Waals surface area contributed by atoms with Crippen LogP contribution in [0.3, 0.4) is 0 Å². The summed E-state index contributed by atoms with van der Waals surface area (Å²) in [5.74, 6) is 1.34. The maximum Gasteiger partial charge on any atom is 0.195 e. The molecule has 2 aromatic rings. The van der Waals surface area contributed by atoms with Gasteiger partial charge >= 0.3 is 0 Å². The Bertz CT molecular complexity index is 606. The highest BCUT2D eigenvalue weighted by Gasteiger charge is 2.20. The zero-order valence-corrected chi connectivity index (χ0v) is 12.9. The Labute approximate surface area is 116 Å². The van der Waals surface area contributed by atoms with Gasteiger partial charge in [0, 0.05) is 5.92 Å². The average molecular weight is 282 g/mol. The normalized spacial score (nSPS) is 13.2. The fraction of sp³-hybridized carbons (Fsp3) is 0.583. The second kappa shape index (κ2) is 4.93. The minimum Gasteiger partial charge on any atom is -0.296 e. The van der Waals surface area contributed by atoms with Crippen LogP contribution < -0.4 is 0 Å². The van der Waals surface area contributed by atoms with Gasteiger partial charge in [-0.2, -0.15) is 5.10 Å². The number of rotatable bonds is 3. The van der Waals surface area contributed by atoms with Crippen molar-refractivity contribution in [1.29, 1.82) is 0 Å². The molecule has 0 radical (unpaired) electrons. The van der Waals surface area contributed by atoms with Gasteiger partial charge in [0.2, 0.25) is 0 Å². The molecule has 0 saturated heterocycles. The first-order valence-corrected chi connectivity index (χ1v) is 7.25. The third-order valence-electron chi connectivity index (χ3n) is 2.95. The molecule has 18 heavy (non-hydrogen) atoms. The molecular weight excluding hydrogens is 264 g/mol. The summed E-state index contributed by atoms with van der Waals surface area (Å²) in [4.78, 5) is 5.74. The molecule has 6 heteroatoms. The minimum atomic E-state index is 0.180. The second-order valence-electron chi connectivity index (χ2n) is 4.77. The molecule has 0 fully saturated rings. The van der Waals surface area contributed by atoms with Crippen molar-refractivity contribution in [3.63, 3.8) is 0 Å². The Morgan fingerprint density at radius 1 is 1.28 bits per heavy atom. The molecule has 2 aromatic heterocycles. The van der Waals surface area contributed by atoms with Crippen molar-refractivity contribution in [1.82, 2.24) is 19.7 Å². The number of thiazole rings is 1. The van der Waals surface area contributed by atoms with Crippen molar-refractivity contribution in [2.24, 2.45) is 0 Å². The lowest BCUT2D eigenvalue weighted by Crippen LogP contribution is -2.12. The molecule has 0 spiro atoms. The lowest BCUT2D eigenvalue weighted by molar-refractivity contribution is 0.577. The monoisotopic (exact) mass is 282 g/mol. The summed E-state index contributed by atoms with van der Waals surface area (Å²) in [6.07, 6.45) is 0. The maximum atomic E-state index is 5.35. The van der Waals surface area contributed by atoms with E-state index >= 15 is 0 Å². The van der Waals surface area contributed by atoms with Crippen molar-refractivity contribution < 1.29 is 0 Å². The first-order valence-electron chi connectivity index (χ1n) is 6.02. The molecule has 1 N–H and O–H groups in total. The van der Waals surface area contributed by atoms with Gasteiger partial charge in [-0.05, 0) is 33.0 Å². The molecule has 0 aliphatic carbocycles. The van der Waals surface area contributed by atoms with Crippen molar-refractivity contribution in [2.45, 2.75) is 46.6 Å². The molecular formula is C12H18N4S2. The fourth-order valence-electron chi connectivity index (χ4n) is 2.15. The molecule has 98 valence electrons. The number of nitrogens with zero attached hydrogens (tertiary/aromatic N) is 3. The first kappa shape index (κ1) is 13.4. The Morgan fingerprint density at radius 3 is 2.44 bits per heavy atom. The van der Waals surface area contributed by atoms with Gasteiger partial charge in [-0.3, -0.25) is 9.67 Å². The van der Waals surface area contributed by atoms with E-state index in [0.29, 0.717) is 10.7 Å². The first-order chi connectivity index (χ1) is 8.41. The van der Waals surface area contributed by atoms with Crippen LogP contribution in [0.4, 0.5) is 0 Å². The lowest BCUT2D eigenvalue weighted by Gasteiger charge is -2.16. The highest BCUT2D eigenvalue weighted by atomic mass is 32.1. The Morgan fingerprint density at radius 2 is 1.94 bits per heavy atom. The summed E-state index contributed by atoms with van der Waals surface area (Å²) in [6, 6.07) is 0.180. The van der Waals surface area contributed by atoms with E-state index < -0.39 is 0 Å². The topological polar surface area (TPSA) is 46.5 Å². The van der Waals surface area contributed by atoms with Crippen molar-refractivity contribution in [2.75, 3.05) is 0 Å². The average Bonchev–Trinajstić information content (AvgIpc) is 2.81. The molecule has 0 aliphatic rings. The van der Waals surface area contributed by atoms with E-state index in [0.717, 1.165) is 16.5 Å². The van der Waals surface area contributed by atoms with E-state index in [-0.39, 0.29) is 6.04 Å². The molecule has 0 aromatic carbocycles. The highest BCUT2D eigenvalue weighted by molar-refractivity contribution is 7.71. The van der Waals surface area contributed by atoms with Gasteiger partial charge in [0.25, 0.3) is 0 Å². The zero-order chi connectivity index (χ0) is 13.4. The van der Waals surface area contributed by atoms with Crippen molar-refractivity contribution in [3.8, 4) is 0 Å². The number of aromatic nitrogens is 4. The molecule has 0 aliphatic heterocycles. The second-order valence-corrected chi connectivity index (χ2v) is 6.39. The number of H-pyrrole nitrogens is 1. The number of hydrogen-bond acceptors (Lipinski definition) is 4. The third-order valence-corrected chi connectivity index (χ3v) is 4.49. The Balaban J connectivity index is 2.52. The summed E-state index contributed by atoms with van der Waals surface area (Å²) in [5.41, 5.74) is 1.09.